The van der Waals surface area contributed by atoms with E-state index in [9.17, 15) is 19.8 Å². The molecule has 0 aromatic heterocycles. The van der Waals surface area contributed by atoms with Crippen LogP contribution in [-0.4, -0.2) is 28.4 Å². The molecule has 0 aliphatic heterocycles. The Balaban J connectivity index is 2.62. The number of ketones is 2. The fraction of sp³-hybridized carbons (Fsp3) is 0.250. The van der Waals surface area contributed by atoms with Crippen LogP contribution >= 0.6 is 0 Å². The van der Waals surface area contributed by atoms with Gasteiger partial charge in [-0.15, -0.1) is 0 Å². The number of benzene rings is 1. The molecule has 2 rings (SSSR count). The molecule has 0 heterocycles. The number of rotatable bonds is 2. The summed E-state index contributed by atoms with van der Waals surface area (Å²) in [6, 6.07) is 4.30. The van der Waals surface area contributed by atoms with E-state index in [2.05, 4.69) is 11.8 Å². The van der Waals surface area contributed by atoms with E-state index in [0.29, 0.717) is 6.42 Å². The Kier molecular flexibility index (Phi) is 4.02. The third-order valence-corrected chi connectivity index (χ3v) is 3.06. The van der Waals surface area contributed by atoms with Crippen LogP contribution in [0.5, 0.6) is 5.75 Å². The van der Waals surface area contributed by atoms with Gasteiger partial charge in [-0.05, 0) is 12.5 Å². The highest BCUT2D eigenvalue weighted by Crippen LogP contribution is 2.31. The Bertz CT molecular complexity index is 671. The van der Waals surface area contributed by atoms with Gasteiger partial charge < -0.3 is 10.2 Å². The maximum atomic E-state index is 12.4. The molecule has 0 radical (unpaired) electrons. The molecule has 1 aromatic rings. The zero-order chi connectivity index (χ0) is 14.7. The Morgan fingerprint density at radius 1 is 1.20 bits per heavy atom. The number of carbonyl (C=O) groups is 2. The number of fused-ring (bicyclic) bond motifs is 1. The van der Waals surface area contributed by atoms with Crippen molar-refractivity contribution in [2.24, 2.45) is 0 Å². The molecule has 0 saturated carbocycles. The molecule has 0 atom stereocenters. The van der Waals surface area contributed by atoms with Gasteiger partial charge in [-0.3, -0.25) is 9.59 Å². The molecule has 1 aliphatic rings. The van der Waals surface area contributed by atoms with Crippen molar-refractivity contribution in [3.63, 3.8) is 0 Å². The second-order valence-electron chi connectivity index (χ2n) is 4.42. The topological polar surface area (TPSA) is 74.6 Å². The van der Waals surface area contributed by atoms with Crippen molar-refractivity contribution in [1.29, 1.82) is 0 Å². The predicted octanol–water partition coefficient (Wildman–Crippen LogP) is 1.86. The fourth-order valence-electron chi connectivity index (χ4n) is 2.07. The van der Waals surface area contributed by atoms with E-state index in [1.54, 1.807) is 0 Å². The van der Waals surface area contributed by atoms with Crippen LogP contribution in [0, 0.1) is 11.8 Å². The number of phenols is 1. The molecular formula is C16H14O4. The highest BCUT2D eigenvalue weighted by atomic mass is 16.3. The van der Waals surface area contributed by atoms with Crippen molar-refractivity contribution in [3.8, 4) is 17.6 Å². The van der Waals surface area contributed by atoms with Crippen molar-refractivity contribution in [1.82, 2.24) is 0 Å². The van der Waals surface area contributed by atoms with Gasteiger partial charge in [0.25, 0.3) is 0 Å². The molecule has 0 bridgehead atoms. The molecule has 2 N–H and O–H groups in total. The SMILES string of the molecule is CCCC#CC1=C(CO)C(=O)c2cccc(O)c2C1=O. The average Bonchev–Trinajstić information content (AvgIpc) is 2.44. The molecule has 0 unspecified atom stereocenters. The zero-order valence-electron chi connectivity index (χ0n) is 11.1. The lowest BCUT2D eigenvalue weighted by atomic mass is 9.84. The highest BCUT2D eigenvalue weighted by molar-refractivity contribution is 6.29. The van der Waals surface area contributed by atoms with Gasteiger partial charge >= 0.3 is 0 Å². The number of aromatic hydroxyl groups is 1. The van der Waals surface area contributed by atoms with E-state index in [1.807, 2.05) is 6.92 Å². The quantitative estimate of drug-likeness (QED) is 0.804. The summed E-state index contributed by atoms with van der Waals surface area (Å²) in [4.78, 5) is 24.6. The number of allylic oxidation sites excluding steroid dienone is 1. The van der Waals surface area contributed by atoms with Crippen molar-refractivity contribution in [2.75, 3.05) is 6.61 Å². The maximum absolute atomic E-state index is 12.4. The molecule has 4 heteroatoms. The number of carbonyl (C=O) groups excluding carboxylic acids is 2. The van der Waals surface area contributed by atoms with Gasteiger partial charge in [0.2, 0.25) is 5.78 Å². The van der Waals surface area contributed by atoms with E-state index in [1.165, 1.54) is 18.2 Å². The summed E-state index contributed by atoms with van der Waals surface area (Å²) in [5.41, 5.74) is 0.0623. The van der Waals surface area contributed by atoms with Crippen LogP contribution in [0.25, 0.3) is 0 Å². The summed E-state index contributed by atoms with van der Waals surface area (Å²) in [7, 11) is 0. The maximum Gasteiger partial charge on any atom is 0.206 e. The van der Waals surface area contributed by atoms with Crippen LogP contribution in [0.4, 0.5) is 0 Å². The molecular weight excluding hydrogens is 256 g/mol. The Morgan fingerprint density at radius 3 is 2.60 bits per heavy atom. The second-order valence-corrected chi connectivity index (χ2v) is 4.42. The lowest BCUT2D eigenvalue weighted by molar-refractivity contribution is 0.0964. The van der Waals surface area contributed by atoms with Crippen molar-refractivity contribution >= 4 is 11.6 Å². The van der Waals surface area contributed by atoms with E-state index in [4.69, 9.17) is 0 Å². The molecule has 1 aromatic carbocycles. The smallest absolute Gasteiger partial charge is 0.206 e. The molecule has 0 fully saturated rings. The molecule has 1 aliphatic carbocycles. The summed E-state index contributed by atoms with van der Waals surface area (Å²) in [6.07, 6.45) is 1.43. The molecule has 102 valence electrons. The van der Waals surface area contributed by atoms with Gasteiger partial charge in [-0.25, -0.2) is 0 Å². The van der Waals surface area contributed by atoms with Gasteiger partial charge in [-0.1, -0.05) is 30.9 Å². The van der Waals surface area contributed by atoms with E-state index in [0.717, 1.165) is 6.42 Å². The molecule has 0 saturated heterocycles. The minimum absolute atomic E-state index is 0.00305. The number of aliphatic hydroxyl groups is 1. The second kappa shape index (κ2) is 5.72. The average molecular weight is 270 g/mol. The molecule has 0 spiro atoms. The predicted molar refractivity (Wildman–Crippen MR) is 73.6 cm³/mol. The normalized spacial score (nSPS) is 13.9. The van der Waals surface area contributed by atoms with Crippen LogP contribution in [0.1, 0.15) is 40.5 Å². The zero-order valence-corrected chi connectivity index (χ0v) is 11.1. The van der Waals surface area contributed by atoms with Gasteiger partial charge in [0.15, 0.2) is 5.78 Å². The first-order valence-corrected chi connectivity index (χ1v) is 6.36. The number of unbranched alkanes of at least 4 members (excludes halogenated alkanes) is 1. The third-order valence-electron chi connectivity index (χ3n) is 3.06. The molecule has 20 heavy (non-hydrogen) atoms. The van der Waals surface area contributed by atoms with Crippen LogP contribution < -0.4 is 0 Å². The van der Waals surface area contributed by atoms with Crippen molar-refractivity contribution in [2.45, 2.75) is 19.8 Å². The van der Waals surface area contributed by atoms with Crippen LogP contribution in [0.15, 0.2) is 29.3 Å². The van der Waals surface area contributed by atoms with E-state index < -0.39 is 18.2 Å². The minimum atomic E-state index is -0.546. The van der Waals surface area contributed by atoms with Crippen LogP contribution in [0.2, 0.25) is 0 Å². The Morgan fingerprint density at radius 2 is 1.95 bits per heavy atom. The van der Waals surface area contributed by atoms with Crippen molar-refractivity contribution in [3.05, 3.63) is 40.5 Å². The highest BCUT2D eigenvalue weighted by Gasteiger charge is 2.32. The first kappa shape index (κ1) is 14.0. The van der Waals surface area contributed by atoms with Crippen molar-refractivity contribution < 1.29 is 19.8 Å². The molecule has 0 amide bonds. The Labute approximate surface area is 116 Å². The first-order valence-electron chi connectivity index (χ1n) is 6.36. The Hall–Kier alpha value is -2.38. The van der Waals surface area contributed by atoms with Gasteiger partial charge in [0, 0.05) is 17.6 Å². The van der Waals surface area contributed by atoms with Crippen LogP contribution in [0.3, 0.4) is 0 Å². The molecule has 4 nitrogen and oxygen atoms in total. The van der Waals surface area contributed by atoms with Gasteiger partial charge in [-0.2, -0.15) is 0 Å². The number of phenolic OH excluding ortho intramolecular Hbond substituents is 1. The standard InChI is InChI=1S/C16H14O4/c1-2-3-4-6-10-12(9-17)15(19)11-7-5-8-13(18)14(11)16(10)20/h5,7-8,17-18H,2-3,9H2,1H3. The number of aliphatic hydroxyl groups excluding tert-OH is 1. The van der Waals surface area contributed by atoms with E-state index >= 15 is 0 Å². The van der Waals surface area contributed by atoms with Gasteiger partial charge in [0.1, 0.15) is 5.75 Å². The summed E-state index contributed by atoms with van der Waals surface area (Å²) >= 11 is 0. The third kappa shape index (κ3) is 2.24. The summed E-state index contributed by atoms with van der Waals surface area (Å²) in [6.45, 7) is 1.40. The number of hydrogen-bond donors (Lipinski definition) is 2. The van der Waals surface area contributed by atoms with E-state index in [-0.39, 0.29) is 28.0 Å². The first-order chi connectivity index (χ1) is 9.61. The lowest BCUT2D eigenvalue weighted by Gasteiger charge is -2.17. The monoisotopic (exact) mass is 270 g/mol. The number of hydrogen-bond acceptors (Lipinski definition) is 4. The fourth-order valence-corrected chi connectivity index (χ4v) is 2.07. The van der Waals surface area contributed by atoms with Crippen LogP contribution in [-0.2, 0) is 0 Å². The lowest BCUT2D eigenvalue weighted by Crippen LogP contribution is -2.23. The summed E-state index contributed by atoms with van der Waals surface area (Å²) in [5.74, 6) is 4.25. The minimum Gasteiger partial charge on any atom is -0.507 e. The summed E-state index contributed by atoms with van der Waals surface area (Å²) < 4.78 is 0. The largest absolute Gasteiger partial charge is 0.507 e. The number of Topliss-reactive ketones (excluding diaryl/α,β-unsaturated/α-hetero) is 2. The summed E-state index contributed by atoms with van der Waals surface area (Å²) in [5, 5.41) is 19.1. The van der Waals surface area contributed by atoms with Gasteiger partial charge in [0.05, 0.1) is 17.7 Å².